The van der Waals surface area contributed by atoms with Gasteiger partial charge in [0.25, 0.3) is 5.91 Å². The van der Waals surface area contributed by atoms with E-state index < -0.39 is 6.04 Å². The molecule has 1 aliphatic rings. The van der Waals surface area contributed by atoms with Crippen molar-refractivity contribution in [2.45, 2.75) is 59.0 Å². The van der Waals surface area contributed by atoms with Crippen molar-refractivity contribution in [1.82, 2.24) is 10.2 Å². The minimum absolute atomic E-state index is 0.0292. The Bertz CT molecular complexity index is 583. The van der Waals surface area contributed by atoms with Crippen LogP contribution in [0.15, 0.2) is 24.3 Å². The van der Waals surface area contributed by atoms with E-state index in [9.17, 15) is 9.59 Å². The zero-order valence-corrected chi connectivity index (χ0v) is 15.7. The maximum absolute atomic E-state index is 12.9. The average molecular weight is 346 g/mol. The van der Waals surface area contributed by atoms with Gasteiger partial charge in [0.15, 0.2) is 0 Å². The van der Waals surface area contributed by atoms with Crippen LogP contribution in [0.3, 0.4) is 0 Å². The molecular formula is C20H30N2O3. The molecular weight excluding hydrogens is 316 g/mol. The first-order chi connectivity index (χ1) is 11.9. The SMILES string of the molecule is CCOc1ccc(C(=O)NC(C(=O)N2CCCCC2C)C(C)C)cc1. The number of carbonyl (C=O) groups excluding carboxylic acids is 2. The van der Waals surface area contributed by atoms with Crippen molar-refractivity contribution < 1.29 is 14.3 Å². The van der Waals surface area contributed by atoms with E-state index in [4.69, 9.17) is 4.74 Å². The fourth-order valence-corrected chi connectivity index (χ4v) is 3.21. The molecule has 1 fully saturated rings. The molecule has 0 aromatic heterocycles. The van der Waals surface area contributed by atoms with Crippen LogP contribution in [0.2, 0.25) is 0 Å². The van der Waals surface area contributed by atoms with Gasteiger partial charge in [-0.3, -0.25) is 9.59 Å². The highest BCUT2D eigenvalue weighted by atomic mass is 16.5. The van der Waals surface area contributed by atoms with Gasteiger partial charge in [-0.25, -0.2) is 0 Å². The van der Waals surface area contributed by atoms with E-state index in [1.165, 1.54) is 0 Å². The number of piperidine rings is 1. The fraction of sp³-hybridized carbons (Fsp3) is 0.600. The van der Waals surface area contributed by atoms with E-state index in [1.807, 2.05) is 25.7 Å². The number of likely N-dealkylation sites (tertiary alicyclic amines) is 1. The van der Waals surface area contributed by atoms with Crippen LogP contribution < -0.4 is 10.1 Å². The molecule has 2 amide bonds. The van der Waals surface area contributed by atoms with Gasteiger partial charge >= 0.3 is 0 Å². The molecule has 25 heavy (non-hydrogen) atoms. The summed E-state index contributed by atoms with van der Waals surface area (Å²) in [5, 5.41) is 2.93. The van der Waals surface area contributed by atoms with Crippen molar-refractivity contribution in [2.24, 2.45) is 5.92 Å². The smallest absolute Gasteiger partial charge is 0.251 e. The Morgan fingerprint density at radius 1 is 1.24 bits per heavy atom. The van der Waals surface area contributed by atoms with Gasteiger partial charge in [-0.2, -0.15) is 0 Å². The van der Waals surface area contributed by atoms with Crippen molar-refractivity contribution in [3.63, 3.8) is 0 Å². The second-order valence-electron chi connectivity index (χ2n) is 7.03. The lowest BCUT2D eigenvalue weighted by Crippen LogP contribution is -2.54. The van der Waals surface area contributed by atoms with Crippen LogP contribution in [-0.2, 0) is 4.79 Å². The number of amides is 2. The number of hydrogen-bond acceptors (Lipinski definition) is 3. The second kappa shape index (κ2) is 8.88. The van der Waals surface area contributed by atoms with Gasteiger partial charge in [0.1, 0.15) is 11.8 Å². The number of carbonyl (C=O) groups is 2. The van der Waals surface area contributed by atoms with Gasteiger partial charge in [0, 0.05) is 18.2 Å². The number of benzene rings is 1. The summed E-state index contributed by atoms with van der Waals surface area (Å²) < 4.78 is 5.40. The van der Waals surface area contributed by atoms with Crippen LogP contribution in [0.1, 0.15) is 57.3 Å². The predicted molar refractivity (Wildman–Crippen MR) is 98.7 cm³/mol. The summed E-state index contributed by atoms with van der Waals surface area (Å²) >= 11 is 0. The van der Waals surface area contributed by atoms with E-state index in [1.54, 1.807) is 24.3 Å². The molecule has 5 nitrogen and oxygen atoms in total. The number of rotatable bonds is 6. The fourth-order valence-electron chi connectivity index (χ4n) is 3.21. The molecule has 138 valence electrons. The van der Waals surface area contributed by atoms with Gasteiger partial charge in [0.2, 0.25) is 5.91 Å². The third-order valence-corrected chi connectivity index (χ3v) is 4.73. The topological polar surface area (TPSA) is 58.6 Å². The lowest BCUT2D eigenvalue weighted by Gasteiger charge is -2.37. The van der Waals surface area contributed by atoms with Gasteiger partial charge in [-0.05, 0) is 63.3 Å². The Labute approximate surface area is 150 Å². The monoisotopic (exact) mass is 346 g/mol. The quantitative estimate of drug-likeness (QED) is 0.860. The molecule has 2 rings (SSSR count). The summed E-state index contributed by atoms with van der Waals surface area (Å²) in [4.78, 5) is 27.4. The van der Waals surface area contributed by atoms with Crippen molar-refractivity contribution >= 4 is 11.8 Å². The largest absolute Gasteiger partial charge is 0.494 e. The first-order valence-corrected chi connectivity index (χ1v) is 9.28. The molecule has 0 spiro atoms. The summed E-state index contributed by atoms with van der Waals surface area (Å²) in [6.45, 7) is 9.31. The summed E-state index contributed by atoms with van der Waals surface area (Å²) in [5.41, 5.74) is 0.536. The lowest BCUT2D eigenvalue weighted by molar-refractivity contribution is -0.137. The van der Waals surface area contributed by atoms with Gasteiger partial charge in [0.05, 0.1) is 6.61 Å². The summed E-state index contributed by atoms with van der Waals surface area (Å²) in [6, 6.07) is 6.75. The van der Waals surface area contributed by atoms with Gasteiger partial charge < -0.3 is 15.0 Å². The van der Waals surface area contributed by atoms with Crippen molar-refractivity contribution in [1.29, 1.82) is 0 Å². The normalized spacial score (nSPS) is 18.8. The molecule has 1 heterocycles. The molecule has 0 bridgehead atoms. The third-order valence-electron chi connectivity index (χ3n) is 4.73. The van der Waals surface area contributed by atoms with Gasteiger partial charge in [-0.15, -0.1) is 0 Å². The van der Waals surface area contributed by atoms with Crippen LogP contribution in [0.25, 0.3) is 0 Å². The first-order valence-electron chi connectivity index (χ1n) is 9.28. The molecule has 1 aliphatic heterocycles. The van der Waals surface area contributed by atoms with Crippen LogP contribution in [0.5, 0.6) is 5.75 Å². The Kier molecular flexibility index (Phi) is 6.85. The molecule has 2 unspecified atom stereocenters. The predicted octanol–water partition coefficient (Wildman–Crippen LogP) is 3.24. The van der Waals surface area contributed by atoms with Crippen LogP contribution in [0, 0.1) is 5.92 Å². The average Bonchev–Trinajstić information content (AvgIpc) is 2.60. The second-order valence-corrected chi connectivity index (χ2v) is 7.03. The van der Waals surface area contributed by atoms with Crippen molar-refractivity contribution in [2.75, 3.05) is 13.2 Å². The van der Waals surface area contributed by atoms with Crippen LogP contribution in [-0.4, -0.2) is 41.9 Å². The number of hydrogen-bond donors (Lipinski definition) is 1. The summed E-state index contributed by atoms with van der Waals surface area (Å²) in [6.07, 6.45) is 3.23. The number of ether oxygens (including phenoxy) is 1. The zero-order chi connectivity index (χ0) is 18.4. The van der Waals surface area contributed by atoms with E-state index >= 15 is 0 Å². The highest BCUT2D eigenvalue weighted by Crippen LogP contribution is 2.19. The molecule has 0 saturated carbocycles. The van der Waals surface area contributed by atoms with Crippen LogP contribution in [0.4, 0.5) is 0 Å². The van der Waals surface area contributed by atoms with E-state index in [0.29, 0.717) is 12.2 Å². The van der Waals surface area contributed by atoms with Crippen molar-refractivity contribution in [3.05, 3.63) is 29.8 Å². The maximum atomic E-state index is 12.9. The lowest BCUT2D eigenvalue weighted by atomic mass is 9.97. The first kappa shape index (κ1) is 19.3. The highest BCUT2D eigenvalue weighted by molar-refractivity contribution is 5.97. The molecule has 5 heteroatoms. The molecule has 1 saturated heterocycles. The third kappa shape index (κ3) is 4.97. The molecule has 1 aromatic carbocycles. The molecule has 1 aromatic rings. The number of nitrogens with zero attached hydrogens (tertiary/aromatic N) is 1. The molecule has 2 atom stereocenters. The Hall–Kier alpha value is -2.04. The highest BCUT2D eigenvalue weighted by Gasteiger charge is 2.32. The Morgan fingerprint density at radius 3 is 2.48 bits per heavy atom. The number of nitrogens with one attached hydrogen (secondary N) is 1. The van der Waals surface area contributed by atoms with Crippen molar-refractivity contribution in [3.8, 4) is 5.75 Å². The molecule has 0 aliphatic carbocycles. The molecule has 1 N–H and O–H groups in total. The van der Waals surface area contributed by atoms with E-state index in [2.05, 4.69) is 12.2 Å². The summed E-state index contributed by atoms with van der Waals surface area (Å²) in [5.74, 6) is 0.576. The Morgan fingerprint density at radius 2 is 1.92 bits per heavy atom. The Balaban J connectivity index is 2.07. The minimum Gasteiger partial charge on any atom is -0.494 e. The summed E-state index contributed by atoms with van der Waals surface area (Å²) in [7, 11) is 0. The van der Waals surface area contributed by atoms with Gasteiger partial charge in [-0.1, -0.05) is 13.8 Å². The van der Waals surface area contributed by atoms with E-state index in [-0.39, 0.29) is 23.8 Å². The zero-order valence-electron chi connectivity index (χ0n) is 15.7. The standard InChI is InChI=1S/C20H30N2O3/c1-5-25-17-11-9-16(10-12-17)19(23)21-18(14(2)3)20(24)22-13-7-6-8-15(22)4/h9-12,14-15,18H,5-8,13H2,1-4H3,(H,21,23). The molecule has 0 radical (unpaired) electrons. The van der Waals surface area contributed by atoms with E-state index in [0.717, 1.165) is 31.6 Å². The minimum atomic E-state index is -0.500. The van der Waals surface area contributed by atoms with Crippen LogP contribution >= 0.6 is 0 Å². The maximum Gasteiger partial charge on any atom is 0.251 e.